The van der Waals surface area contributed by atoms with E-state index < -0.39 is 17.6 Å². The van der Waals surface area contributed by atoms with Crippen LogP contribution in [-0.2, 0) is 22.6 Å². The molecule has 2 aromatic carbocycles. The number of imidazole rings is 1. The summed E-state index contributed by atoms with van der Waals surface area (Å²) >= 11 is 0. The maximum Gasteiger partial charge on any atom is 0.356 e. The number of halogens is 2. The molecule has 4 heterocycles. The molecule has 0 saturated carbocycles. The van der Waals surface area contributed by atoms with E-state index in [2.05, 4.69) is 15.0 Å². The van der Waals surface area contributed by atoms with Gasteiger partial charge in [-0.25, -0.2) is 23.5 Å². The number of methoxy groups -OCH3 is 1. The Morgan fingerprint density at radius 1 is 1.07 bits per heavy atom. The molecule has 0 spiro atoms. The summed E-state index contributed by atoms with van der Waals surface area (Å²) in [5.41, 5.74) is 2.31. The van der Waals surface area contributed by atoms with Gasteiger partial charge in [0.05, 0.1) is 37.1 Å². The summed E-state index contributed by atoms with van der Waals surface area (Å²) in [6, 6.07) is 18.6. The van der Waals surface area contributed by atoms with Crippen LogP contribution in [0.3, 0.4) is 0 Å². The van der Waals surface area contributed by atoms with Gasteiger partial charge in [0.1, 0.15) is 17.9 Å². The van der Waals surface area contributed by atoms with Crippen molar-refractivity contribution >= 4 is 17.1 Å². The van der Waals surface area contributed by atoms with Crippen molar-refractivity contribution in [3.63, 3.8) is 0 Å². The van der Waals surface area contributed by atoms with Crippen molar-refractivity contribution in [2.24, 2.45) is 0 Å². The van der Waals surface area contributed by atoms with Crippen molar-refractivity contribution in [3.05, 3.63) is 95.2 Å². The minimum Gasteiger partial charge on any atom is -0.473 e. The third kappa shape index (κ3) is 5.84. The van der Waals surface area contributed by atoms with Crippen molar-refractivity contribution in [1.82, 2.24) is 19.5 Å². The number of nitriles is 1. The van der Waals surface area contributed by atoms with Gasteiger partial charge in [-0.2, -0.15) is 10.2 Å². The smallest absolute Gasteiger partial charge is 0.356 e. The molecule has 12 heteroatoms. The number of carbonyl (C=O) groups excluding carboxylic acids is 1. The molecule has 1 aliphatic rings. The fourth-order valence-electron chi connectivity index (χ4n) is 4.46. The third-order valence-corrected chi connectivity index (χ3v) is 6.84. The predicted molar refractivity (Wildman–Crippen MR) is 148 cm³/mol. The van der Waals surface area contributed by atoms with Crippen LogP contribution in [0.2, 0.25) is 0 Å². The number of hydrogen-bond acceptors (Lipinski definition) is 9. The summed E-state index contributed by atoms with van der Waals surface area (Å²) in [7, 11) is 1.27. The number of hydrogen-bond donors (Lipinski definition) is 0. The van der Waals surface area contributed by atoms with Gasteiger partial charge in [-0.3, -0.25) is 4.57 Å². The zero-order valence-corrected chi connectivity index (χ0v) is 22.8. The zero-order valence-electron chi connectivity index (χ0n) is 22.8. The molecular weight excluding hydrogens is 560 g/mol. The highest BCUT2D eigenvalue weighted by atomic mass is 19.1. The van der Waals surface area contributed by atoms with Crippen LogP contribution in [0, 0.1) is 23.0 Å². The van der Waals surface area contributed by atoms with Crippen LogP contribution in [0.5, 0.6) is 17.6 Å². The Morgan fingerprint density at radius 3 is 2.65 bits per heavy atom. The van der Waals surface area contributed by atoms with Gasteiger partial charge >= 0.3 is 12.0 Å². The fraction of sp³-hybridized carbons (Fsp3) is 0.194. The number of aromatic nitrogens is 4. The lowest BCUT2D eigenvalue weighted by molar-refractivity contribution is -0.0594. The second kappa shape index (κ2) is 11.8. The van der Waals surface area contributed by atoms with Crippen LogP contribution in [0.15, 0.2) is 66.7 Å². The minimum absolute atomic E-state index is 0.0771. The first-order chi connectivity index (χ1) is 20.9. The summed E-state index contributed by atoms with van der Waals surface area (Å²) in [5.74, 6) is -1.67. The summed E-state index contributed by atoms with van der Waals surface area (Å²) < 4.78 is 53.1. The summed E-state index contributed by atoms with van der Waals surface area (Å²) in [4.78, 5) is 25.3. The van der Waals surface area contributed by atoms with Crippen LogP contribution < -0.4 is 9.47 Å². The van der Waals surface area contributed by atoms with Crippen LogP contribution in [0.1, 0.15) is 28.0 Å². The van der Waals surface area contributed by atoms with Crippen molar-refractivity contribution in [3.8, 4) is 35.0 Å². The Bertz CT molecular complexity index is 1880. The molecule has 3 aromatic heterocycles. The first-order valence-electron chi connectivity index (χ1n) is 13.2. The third-order valence-electron chi connectivity index (χ3n) is 6.84. The van der Waals surface area contributed by atoms with Crippen LogP contribution in [0.25, 0.3) is 22.4 Å². The molecule has 10 nitrogen and oxygen atoms in total. The average Bonchev–Trinajstić information content (AvgIpc) is 3.34. The predicted octanol–water partition coefficient (Wildman–Crippen LogP) is 5.59. The second-order valence-electron chi connectivity index (χ2n) is 9.63. The Labute approximate surface area is 244 Å². The molecule has 0 bridgehead atoms. The van der Waals surface area contributed by atoms with E-state index in [1.807, 2.05) is 6.07 Å². The van der Waals surface area contributed by atoms with E-state index in [-0.39, 0.29) is 47.2 Å². The lowest BCUT2D eigenvalue weighted by Crippen LogP contribution is -2.31. The summed E-state index contributed by atoms with van der Waals surface area (Å²) in [6.07, 6.45) is 0.737. The number of rotatable bonds is 9. The molecule has 5 aromatic rings. The molecule has 6 rings (SSSR count). The normalized spacial score (nSPS) is 14.1. The highest BCUT2D eigenvalue weighted by Crippen LogP contribution is 2.32. The first-order valence-corrected chi connectivity index (χ1v) is 13.2. The average molecular weight is 584 g/mol. The van der Waals surface area contributed by atoms with E-state index in [1.54, 1.807) is 34.9 Å². The van der Waals surface area contributed by atoms with E-state index >= 15 is 4.39 Å². The monoisotopic (exact) mass is 583 g/mol. The molecule has 1 atom stereocenters. The maximum atomic E-state index is 15.4. The molecule has 0 amide bonds. The van der Waals surface area contributed by atoms with E-state index in [0.29, 0.717) is 35.6 Å². The van der Waals surface area contributed by atoms with Crippen molar-refractivity contribution < 1.29 is 32.5 Å². The van der Waals surface area contributed by atoms with Crippen LogP contribution >= 0.6 is 0 Å². The lowest BCUT2D eigenvalue weighted by atomic mass is 10.1. The molecule has 216 valence electrons. The molecule has 43 heavy (non-hydrogen) atoms. The molecule has 0 N–H and O–H groups in total. The van der Waals surface area contributed by atoms with Gasteiger partial charge in [-0.05, 0) is 55.0 Å². The van der Waals surface area contributed by atoms with E-state index in [0.717, 1.165) is 12.5 Å². The van der Waals surface area contributed by atoms with Gasteiger partial charge in [0.2, 0.25) is 5.88 Å². The van der Waals surface area contributed by atoms with Gasteiger partial charge in [0.15, 0.2) is 22.9 Å². The molecule has 0 aliphatic carbocycles. The summed E-state index contributed by atoms with van der Waals surface area (Å²) in [6.45, 7) is 0.890. The van der Waals surface area contributed by atoms with E-state index in [1.165, 1.54) is 37.4 Å². The highest BCUT2D eigenvalue weighted by Gasteiger charge is 2.25. The van der Waals surface area contributed by atoms with Gasteiger partial charge in [-0.15, -0.1) is 0 Å². The van der Waals surface area contributed by atoms with E-state index in [4.69, 9.17) is 24.2 Å². The number of benzene rings is 2. The Morgan fingerprint density at radius 2 is 1.93 bits per heavy atom. The molecule has 1 fully saturated rings. The molecule has 1 saturated heterocycles. The number of ether oxygens (including phenoxy) is 4. The van der Waals surface area contributed by atoms with Crippen LogP contribution in [-0.4, -0.2) is 45.3 Å². The second-order valence-corrected chi connectivity index (χ2v) is 9.63. The number of pyridine rings is 2. The first kappa shape index (κ1) is 27.7. The van der Waals surface area contributed by atoms with Gasteiger partial charge in [0.25, 0.3) is 0 Å². The largest absolute Gasteiger partial charge is 0.473 e. The van der Waals surface area contributed by atoms with E-state index in [9.17, 15) is 9.18 Å². The molecule has 1 aliphatic heterocycles. The van der Waals surface area contributed by atoms with Crippen molar-refractivity contribution in [1.29, 1.82) is 5.26 Å². The fourth-order valence-corrected chi connectivity index (χ4v) is 4.46. The number of esters is 1. The van der Waals surface area contributed by atoms with Gasteiger partial charge < -0.3 is 18.9 Å². The highest BCUT2D eigenvalue weighted by molar-refractivity contribution is 5.89. The van der Waals surface area contributed by atoms with Gasteiger partial charge in [-0.1, -0.05) is 12.1 Å². The molecular formula is C31H23F2N5O5. The summed E-state index contributed by atoms with van der Waals surface area (Å²) in [5, 5.41) is 8.91. The Balaban J connectivity index is 1.23. The minimum atomic E-state index is -0.660. The van der Waals surface area contributed by atoms with Crippen LogP contribution in [0.4, 0.5) is 8.78 Å². The molecule has 1 unspecified atom stereocenters. The Hall–Kier alpha value is -5.41. The quantitative estimate of drug-likeness (QED) is 0.204. The van der Waals surface area contributed by atoms with Gasteiger partial charge in [0, 0.05) is 23.8 Å². The zero-order chi connectivity index (χ0) is 29.9. The Kier molecular flexibility index (Phi) is 7.63. The maximum absolute atomic E-state index is 15.4. The lowest BCUT2D eigenvalue weighted by Gasteiger charge is -2.27. The number of nitrogens with zero attached hydrogens (tertiary/aromatic N) is 5. The topological polar surface area (TPSA) is 121 Å². The SMILES string of the molecule is COC(=O)c1ccc2nc(Oc3ccc(-c4cccc(OCc5ccc(C#N)cc5F)n4)cc3F)n(CC3CCO3)c2n1. The van der Waals surface area contributed by atoms with Crippen molar-refractivity contribution in [2.75, 3.05) is 13.7 Å². The number of carbonyl (C=O) groups is 1. The molecule has 0 radical (unpaired) electrons. The standard InChI is InChI=1S/C31H23F2N5O5/c1-40-30(39)26-9-8-25-29(36-26)38(16-21-11-12-41-21)31(37-25)43-27-10-7-19(14-23(27)33)24-3-2-4-28(35-24)42-17-20-6-5-18(15-34)13-22(20)32/h2-10,13-14,21H,11-12,16-17H2,1H3. The number of fused-ring (bicyclic) bond motifs is 1. The van der Waals surface area contributed by atoms with Crippen molar-refractivity contribution in [2.45, 2.75) is 25.7 Å².